The van der Waals surface area contributed by atoms with Gasteiger partial charge in [0.05, 0.1) is 11.8 Å². The maximum Gasteiger partial charge on any atom is 0.259 e. The molecule has 2 saturated heterocycles. The van der Waals surface area contributed by atoms with Gasteiger partial charge in [0.2, 0.25) is 0 Å². The second-order valence-electron chi connectivity index (χ2n) is 9.07. The van der Waals surface area contributed by atoms with Gasteiger partial charge in [-0.05, 0) is 64.1 Å². The Morgan fingerprint density at radius 1 is 1.22 bits per heavy atom. The minimum absolute atomic E-state index is 0.00452. The molecule has 2 aromatic rings. The van der Waals surface area contributed by atoms with Crippen LogP contribution in [0.25, 0.3) is 0 Å². The SMILES string of the molecule is CCc1noc(C)c1C(=O)N(CC1CCN(Cc2ccccc2F)CC1)CC1CCCO1. The van der Waals surface area contributed by atoms with E-state index >= 15 is 0 Å². The molecule has 7 heteroatoms. The third-order valence-electron chi connectivity index (χ3n) is 6.75. The lowest BCUT2D eigenvalue weighted by atomic mass is 9.95. The first-order valence-corrected chi connectivity index (χ1v) is 11.9. The largest absolute Gasteiger partial charge is 0.376 e. The normalized spacial score (nSPS) is 20.0. The number of likely N-dealkylation sites (tertiary alicyclic amines) is 1. The molecule has 0 radical (unpaired) electrons. The third kappa shape index (κ3) is 5.38. The van der Waals surface area contributed by atoms with Gasteiger partial charge < -0.3 is 14.2 Å². The number of carbonyl (C=O) groups excluding carboxylic acids is 1. The minimum Gasteiger partial charge on any atom is -0.376 e. The highest BCUT2D eigenvalue weighted by Gasteiger charge is 2.31. The van der Waals surface area contributed by atoms with E-state index in [1.54, 1.807) is 6.07 Å². The lowest BCUT2D eigenvalue weighted by molar-refractivity contribution is 0.0442. The number of benzene rings is 1. The summed E-state index contributed by atoms with van der Waals surface area (Å²) in [6.45, 7) is 8.35. The van der Waals surface area contributed by atoms with Crippen LogP contribution in [0, 0.1) is 18.7 Å². The highest BCUT2D eigenvalue weighted by Crippen LogP contribution is 2.25. The molecular formula is C25H34FN3O3. The molecule has 32 heavy (non-hydrogen) atoms. The summed E-state index contributed by atoms with van der Waals surface area (Å²) in [5.41, 5.74) is 2.09. The highest BCUT2D eigenvalue weighted by molar-refractivity contribution is 5.96. The van der Waals surface area contributed by atoms with E-state index in [4.69, 9.17) is 9.26 Å². The van der Waals surface area contributed by atoms with Gasteiger partial charge in [-0.25, -0.2) is 4.39 Å². The molecule has 6 nitrogen and oxygen atoms in total. The summed E-state index contributed by atoms with van der Waals surface area (Å²) in [5, 5.41) is 4.08. The van der Waals surface area contributed by atoms with Crippen molar-refractivity contribution in [3.63, 3.8) is 0 Å². The van der Waals surface area contributed by atoms with Gasteiger partial charge in [-0.3, -0.25) is 9.69 Å². The Bertz CT molecular complexity index is 902. The van der Waals surface area contributed by atoms with Crippen LogP contribution in [0.2, 0.25) is 0 Å². The zero-order valence-corrected chi connectivity index (χ0v) is 19.2. The number of halogens is 1. The summed E-state index contributed by atoms with van der Waals surface area (Å²) in [7, 11) is 0. The lowest BCUT2D eigenvalue weighted by Crippen LogP contribution is -2.44. The van der Waals surface area contributed by atoms with Crippen molar-refractivity contribution in [1.29, 1.82) is 0 Å². The first kappa shape index (κ1) is 22.9. The average Bonchev–Trinajstić information content (AvgIpc) is 3.45. The maximum atomic E-state index is 14.0. The van der Waals surface area contributed by atoms with Gasteiger partial charge >= 0.3 is 0 Å². The van der Waals surface area contributed by atoms with E-state index in [9.17, 15) is 9.18 Å². The number of hydrogen-bond acceptors (Lipinski definition) is 5. The number of carbonyl (C=O) groups is 1. The van der Waals surface area contributed by atoms with E-state index in [2.05, 4.69) is 10.1 Å². The molecule has 4 rings (SSSR count). The van der Waals surface area contributed by atoms with E-state index in [1.165, 1.54) is 6.07 Å². The van der Waals surface area contributed by atoms with Gasteiger partial charge in [0.15, 0.2) is 0 Å². The Hall–Kier alpha value is -2.25. The van der Waals surface area contributed by atoms with Crippen LogP contribution < -0.4 is 0 Å². The number of piperidine rings is 1. The summed E-state index contributed by atoms with van der Waals surface area (Å²) >= 11 is 0. The van der Waals surface area contributed by atoms with Crippen molar-refractivity contribution in [2.24, 2.45) is 5.92 Å². The molecule has 0 saturated carbocycles. The lowest BCUT2D eigenvalue weighted by Gasteiger charge is -2.35. The van der Waals surface area contributed by atoms with Crippen LogP contribution in [0.15, 0.2) is 28.8 Å². The topological polar surface area (TPSA) is 58.8 Å². The first-order valence-electron chi connectivity index (χ1n) is 11.9. The number of hydrogen-bond donors (Lipinski definition) is 0. The van der Waals surface area contributed by atoms with Crippen LogP contribution in [-0.4, -0.2) is 59.8 Å². The van der Waals surface area contributed by atoms with Gasteiger partial charge in [0.25, 0.3) is 5.91 Å². The molecule has 2 aliphatic heterocycles. The van der Waals surface area contributed by atoms with Crippen molar-refractivity contribution in [3.05, 3.63) is 52.7 Å². The Morgan fingerprint density at radius 3 is 2.69 bits per heavy atom. The van der Waals surface area contributed by atoms with Crippen LogP contribution in [0.4, 0.5) is 4.39 Å². The van der Waals surface area contributed by atoms with E-state index in [0.717, 1.165) is 56.6 Å². The van der Waals surface area contributed by atoms with Crippen molar-refractivity contribution in [3.8, 4) is 0 Å². The number of aromatic nitrogens is 1. The highest BCUT2D eigenvalue weighted by atomic mass is 19.1. The fourth-order valence-electron chi connectivity index (χ4n) is 4.87. The number of aryl methyl sites for hydroxylation is 2. The molecular weight excluding hydrogens is 409 g/mol. The standard InChI is InChI=1S/C25H34FN3O3/c1-3-23-24(18(2)32-27-23)25(30)29(17-21-8-6-14-31-21)15-19-10-12-28(13-11-19)16-20-7-4-5-9-22(20)26/h4-5,7,9,19,21H,3,6,8,10-17H2,1-2H3. The molecule has 0 bridgehead atoms. The van der Waals surface area contributed by atoms with Crippen LogP contribution >= 0.6 is 0 Å². The van der Waals surface area contributed by atoms with E-state index in [0.29, 0.717) is 43.3 Å². The molecule has 1 aromatic carbocycles. The van der Waals surface area contributed by atoms with Crippen molar-refractivity contribution in [2.45, 2.75) is 58.6 Å². The molecule has 0 spiro atoms. The van der Waals surface area contributed by atoms with Crippen molar-refractivity contribution < 1.29 is 18.4 Å². The monoisotopic (exact) mass is 443 g/mol. The maximum absolute atomic E-state index is 14.0. The van der Waals surface area contributed by atoms with Crippen molar-refractivity contribution >= 4 is 5.91 Å². The van der Waals surface area contributed by atoms with Crippen LogP contribution in [0.5, 0.6) is 0 Å². The van der Waals surface area contributed by atoms with Gasteiger partial charge in [-0.15, -0.1) is 0 Å². The molecule has 1 atom stereocenters. The van der Waals surface area contributed by atoms with Crippen LogP contribution in [0.1, 0.15) is 60.0 Å². The number of ether oxygens (including phenoxy) is 1. The molecule has 2 aliphatic rings. The van der Waals surface area contributed by atoms with E-state index in [1.807, 2.05) is 30.9 Å². The van der Waals surface area contributed by atoms with Crippen LogP contribution in [0.3, 0.4) is 0 Å². The zero-order chi connectivity index (χ0) is 22.5. The smallest absolute Gasteiger partial charge is 0.259 e. The van der Waals surface area contributed by atoms with E-state index in [-0.39, 0.29) is 17.8 Å². The molecule has 0 N–H and O–H groups in total. The Kier molecular flexibility index (Phi) is 7.58. The van der Waals surface area contributed by atoms with Crippen LogP contribution in [-0.2, 0) is 17.7 Å². The Morgan fingerprint density at radius 2 is 2.00 bits per heavy atom. The quantitative estimate of drug-likeness (QED) is 0.612. The van der Waals surface area contributed by atoms with Crippen molar-refractivity contribution in [2.75, 3.05) is 32.8 Å². The molecule has 3 heterocycles. The summed E-state index contributed by atoms with van der Waals surface area (Å²) in [4.78, 5) is 17.8. The molecule has 174 valence electrons. The minimum atomic E-state index is -0.140. The number of amides is 1. The summed E-state index contributed by atoms with van der Waals surface area (Å²) in [6, 6.07) is 6.99. The second-order valence-corrected chi connectivity index (χ2v) is 9.07. The zero-order valence-electron chi connectivity index (χ0n) is 19.2. The summed E-state index contributed by atoms with van der Waals surface area (Å²) in [5.74, 6) is 0.870. The molecule has 1 aromatic heterocycles. The third-order valence-corrected chi connectivity index (χ3v) is 6.75. The predicted molar refractivity (Wildman–Crippen MR) is 120 cm³/mol. The summed E-state index contributed by atoms with van der Waals surface area (Å²) < 4.78 is 25.2. The second kappa shape index (κ2) is 10.6. The predicted octanol–water partition coefficient (Wildman–Crippen LogP) is 4.22. The fourth-order valence-corrected chi connectivity index (χ4v) is 4.87. The Balaban J connectivity index is 1.39. The van der Waals surface area contributed by atoms with Gasteiger partial charge in [0.1, 0.15) is 17.1 Å². The number of rotatable bonds is 8. The Labute approximate surface area is 189 Å². The fraction of sp³-hybridized carbons (Fsp3) is 0.600. The molecule has 2 fully saturated rings. The van der Waals surface area contributed by atoms with E-state index < -0.39 is 0 Å². The van der Waals surface area contributed by atoms with Gasteiger partial charge in [-0.1, -0.05) is 30.3 Å². The first-order chi connectivity index (χ1) is 15.5. The average molecular weight is 444 g/mol. The molecule has 1 unspecified atom stereocenters. The number of nitrogens with zero attached hydrogens (tertiary/aromatic N) is 3. The molecule has 0 aliphatic carbocycles. The summed E-state index contributed by atoms with van der Waals surface area (Å²) in [6.07, 6.45) is 4.80. The van der Waals surface area contributed by atoms with Gasteiger partial charge in [-0.2, -0.15) is 0 Å². The van der Waals surface area contributed by atoms with Crippen molar-refractivity contribution in [1.82, 2.24) is 15.0 Å². The van der Waals surface area contributed by atoms with Gasteiger partial charge in [0, 0.05) is 31.8 Å². The molecule has 1 amide bonds.